The summed E-state index contributed by atoms with van der Waals surface area (Å²) in [4.78, 5) is 12.1. The third kappa shape index (κ3) is 7.91. The molecule has 0 heterocycles. The van der Waals surface area contributed by atoms with Crippen LogP contribution in [0.25, 0.3) is 0 Å². The van der Waals surface area contributed by atoms with E-state index in [1.807, 2.05) is 0 Å². The fourth-order valence-corrected chi connectivity index (χ4v) is 2.82. The molecule has 0 N–H and O–H groups in total. The molecule has 1 saturated carbocycles. The number of hydrogen-bond acceptors (Lipinski definition) is 2. The fourth-order valence-electron chi connectivity index (χ4n) is 2.82. The van der Waals surface area contributed by atoms with E-state index >= 15 is 0 Å². The maximum absolute atomic E-state index is 12.1. The highest BCUT2D eigenvalue weighted by Crippen LogP contribution is 2.40. The molecule has 1 aliphatic carbocycles. The van der Waals surface area contributed by atoms with Crippen LogP contribution >= 0.6 is 0 Å². The summed E-state index contributed by atoms with van der Waals surface area (Å²) in [6, 6.07) is 0. The minimum atomic E-state index is 0.0946. The van der Waals surface area contributed by atoms with Gasteiger partial charge in [-0.2, -0.15) is 0 Å². The molecule has 20 heavy (non-hydrogen) atoms. The molecule has 2 heteroatoms. The first kappa shape index (κ1) is 17.5. The molecule has 0 aromatic rings. The van der Waals surface area contributed by atoms with Gasteiger partial charge in [0.15, 0.2) is 0 Å². The molecule has 2 nitrogen and oxygen atoms in total. The molecule has 0 radical (unpaired) electrons. The molecular weight excluding hydrogens is 248 g/mol. The van der Waals surface area contributed by atoms with Crippen molar-refractivity contribution in [3.63, 3.8) is 0 Å². The molecule has 0 amide bonds. The number of unbranched alkanes of at least 4 members (excludes halogenated alkanes) is 7. The van der Waals surface area contributed by atoms with Gasteiger partial charge < -0.3 is 4.74 Å². The van der Waals surface area contributed by atoms with Crippen molar-refractivity contribution in [1.29, 1.82) is 0 Å². The second-order valence-electron chi connectivity index (χ2n) is 6.37. The van der Waals surface area contributed by atoms with Crippen molar-refractivity contribution in [2.45, 2.75) is 90.9 Å². The van der Waals surface area contributed by atoms with Crippen molar-refractivity contribution >= 4 is 5.97 Å². The molecule has 1 aliphatic rings. The Hall–Kier alpha value is -0.530. The van der Waals surface area contributed by atoms with Gasteiger partial charge in [-0.05, 0) is 31.6 Å². The average Bonchev–Trinajstić information content (AvgIpc) is 3.27. The molecule has 0 spiro atoms. The predicted molar refractivity (Wildman–Crippen MR) is 84.7 cm³/mol. The van der Waals surface area contributed by atoms with E-state index in [-0.39, 0.29) is 11.9 Å². The third-order valence-electron chi connectivity index (χ3n) is 4.35. The summed E-state index contributed by atoms with van der Waals surface area (Å²) in [5.74, 6) is 0.947. The minimum Gasteiger partial charge on any atom is -0.465 e. The van der Waals surface area contributed by atoms with Crippen LogP contribution in [0.3, 0.4) is 0 Å². The first-order valence-electron chi connectivity index (χ1n) is 8.96. The monoisotopic (exact) mass is 282 g/mol. The van der Waals surface area contributed by atoms with Crippen LogP contribution in [0, 0.1) is 11.8 Å². The molecule has 118 valence electrons. The van der Waals surface area contributed by atoms with Gasteiger partial charge in [-0.1, -0.05) is 65.2 Å². The summed E-state index contributed by atoms with van der Waals surface area (Å²) in [7, 11) is 0. The van der Waals surface area contributed by atoms with Crippen molar-refractivity contribution in [1.82, 2.24) is 0 Å². The molecular formula is C18H34O2. The number of esters is 1. The van der Waals surface area contributed by atoms with E-state index in [9.17, 15) is 4.79 Å². The van der Waals surface area contributed by atoms with E-state index in [1.54, 1.807) is 0 Å². The van der Waals surface area contributed by atoms with Crippen LogP contribution in [0.15, 0.2) is 0 Å². The van der Waals surface area contributed by atoms with Gasteiger partial charge in [0, 0.05) is 0 Å². The smallest absolute Gasteiger partial charge is 0.309 e. The lowest BCUT2D eigenvalue weighted by Crippen LogP contribution is -2.20. The first-order chi connectivity index (χ1) is 9.79. The van der Waals surface area contributed by atoms with Crippen molar-refractivity contribution in [2.75, 3.05) is 6.61 Å². The number of carbonyl (C=O) groups excluding carboxylic acids is 1. The zero-order chi connectivity index (χ0) is 14.6. The summed E-state index contributed by atoms with van der Waals surface area (Å²) < 4.78 is 5.50. The van der Waals surface area contributed by atoms with Crippen LogP contribution < -0.4 is 0 Å². The lowest BCUT2D eigenvalue weighted by Gasteiger charge is -2.15. The molecule has 0 aromatic carbocycles. The number of carbonyl (C=O) groups is 1. The normalized spacial score (nSPS) is 16.1. The van der Waals surface area contributed by atoms with Gasteiger partial charge in [0.1, 0.15) is 0 Å². The summed E-state index contributed by atoms with van der Waals surface area (Å²) >= 11 is 0. The third-order valence-corrected chi connectivity index (χ3v) is 4.35. The van der Waals surface area contributed by atoms with Gasteiger partial charge in [0.2, 0.25) is 0 Å². The summed E-state index contributed by atoms with van der Waals surface area (Å²) in [5, 5.41) is 0. The maximum atomic E-state index is 12.1. The zero-order valence-corrected chi connectivity index (χ0v) is 13.7. The van der Waals surface area contributed by atoms with Gasteiger partial charge in [0.05, 0.1) is 12.5 Å². The predicted octanol–water partition coefficient (Wildman–Crippen LogP) is 5.50. The standard InChI is InChI=1S/C18H34O2/c1-3-5-7-8-9-11-15-20-18(19)17(16-13-14-16)12-10-6-4-2/h16-17H,3-15H2,1-2H3. The Morgan fingerprint density at radius 2 is 1.55 bits per heavy atom. The Morgan fingerprint density at radius 3 is 2.20 bits per heavy atom. The van der Waals surface area contributed by atoms with Crippen molar-refractivity contribution < 1.29 is 9.53 Å². The summed E-state index contributed by atoms with van der Waals surface area (Å²) in [6.45, 7) is 5.09. The molecule has 1 atom stereocenters. The summed E-state index contributed by atoms with van der Waals surface area (Å²) in [6.07, 6.45) is 14.7. The fraction of sp³-hybridized carbons (Fsp3) is 0.944. The van der Waals surface area contributed by atoms with Crippen LogP contribution in [0.4, 0.5) is 0 Å². The van der Waals surface area contributed by atoms with E-state index in [0.717, 1.165) is 12.8 Å². The van der Waals surface area contributed by atoms with Crippen molar-refractivity contribution in [3.8, 4) is 0 Å². The molecule has 0 aromatic heterocycles. The second-order valence-corrected chi connectivity index (χ2v) is 6.37. The van der Waals surface area contributed by atoms with Crippen molar-refractivity contribution in [2.24, 2.45) is 11.8 Å². The van der Waals surface area contributed by atoms with Gasteiger partial charge >= 0.3 is 5.97 Å². The molecule has 1 unspecified atom stereocenters. The van der Waals surface area contributed by atoms with E-state index in [0.29, 0.717) is 12.5 Å². The minimum absolute atomic E-state index is 0.0946. The van der Waals surface area contributed by atoms with Crippen LogP contribution in [0.1, 0.15) is 90.9 Å². The quantitative estimate of drug-likeness (QED) is 0.329. The molecule has 1 fully saturated rings. The number of rotatable bonds is 13. The Kier molecular flexibility index (Phi) is 9.78. The average molecular weight is 282 g/mol. The SMILES string of the molecule is CCCCCCCCOC(=O)C(CCCCC)C1CC1. The Balaban J connectivity index is 2.06. The largest absolute Gasteiger partial charge is 0.465 e. The first-order valence-corrected chi connectivity index (χ1v) is 8.96. The van der Waals surface area contributed by atoms with Gasteiger partial charge in [-0.25, -0.2) is 0 Å². The second kappa shape index (κ2) is 11.2. The van der Waals surface area contributed by atoms with Crippen LogP contribution in [0.5, 0.6) is 0 Å². The van der Waals surface area contributed by atoms with Gasteiger partial charge in [0.25, 0.3) is 0 Å². The highest BCUT2D eigenvalue weighted by atomic mass is 16.5. The maximum Gasteiger partial charge on any atom is 0.309 e. The van der Waals surface area contributed by atoms with Crippen molar-refractivity contribution in [3.05, 3.63) is 0 Å². The topological polar surface area (TPSA) is 26.3 Å². The van der Waals surface area contributed by atoms with E-state index in [2.05, 4.69) is 13.8 Å². The summed E-state index contributed by atoms with van der Waals surface area (Å²) in [5.41, 5.74) is 0. The van der Waals surface area contributed by atoms with Crippen LogP contribution in [-0.2, 0) is 9.53 Å². The van der Waals surface area contributed by atoms with E-state index in [1.165, 1.54) is 64.2 Å². The molecule has 0 aliphatic heterocycles. The lowest BCUT2D eigenvalue weighted by atomic mass is 9.96. The molecule has 0 saturated heterocycles. The number of ether oxygens (including phenoxy) is 1. The molecule has 0 bridgehead atoms. The lowest BCUT2D eigenvalue weighted by molar-refractivity contribution is -0.149. The van der Waals surface area contributed by atoms with Crippen LogP contribution in [-0.4, -0.2) is 12.6 Å². The van der Waals surface area contributed by atoms with Gasteiger partial charge in [-0.15, -0.1) is 0 Å². The molecule has 1 rings (SSSR count). The number of hydrogen-bond donors (Lipinski definition) is 0. The zero-order valence-electron chi connectivity index (χ0n) is 13.7. The van der Waals surface area contributed by atoms with Crippen LogP contribution in [0.2, 0.25) is 0 Å². The van der Waals surface area contributed by atoms with E-state index < -0.39 is 0 Å². The Bertz CT molecular complexity index is 246. The highest BCUT2D eigenvalue weighted by Gasteiger charge is 2.36. The van der Waals surface area contributed by atoms with E-state index in [4.69, 9.17) is 4.74 Å². The Morgan fingerprint density at radius 1 is 0.950 bits per heavy atom. The Labute approximate surface area is 125 Å². The van der Waals surface area contributed by atoms with Gasteiger partial charge in [-0.3, -0.25) is 4.79 Å². The highest BCUT2D eigenvalue weighted by molar-refractivity contribution is 5.73.